The first-order valence-electron chi connectivity index (χ1n) is 4.38. The van der Waals surface area contributed by atoms with Crippen molar-refractivity contribution in [3.05, 3.63) is 29.8 Å². The van der Waals surface area contributed by atoms with Gasteiger partial charge >= 0.3 is 6.61 Å². The first kappa shape index (κ1) is 12.9. The van der Waals surface area contributed by atoms with E-state index in [4.69, 9.17) is 0 Å². The largest absolute Gasteiger partial charge is 0.435 e. The van der Waals surface area contributed by atoms with Gasteiger partial charge in [0.15, 0.2) is 0 Å². The quantitative estimate of drug-likeness (QED) is 0.859. The molecule has 1 aromatic carbocycles. The van der Waals surface area contributed by atoms with Crippen LogP contribution in [0.15, 0.2) is 24.3 Å². The van der Waals surface area contributed by atoms with Crippen LogP contribution >= 0.6 is 0 Å². The number of alkyl halides is 2. The van der Waals surface area contributed by atoms with Crippen LogP contribution in [0.2, 0.25) is 0 Å². The summed E-state index contributed by atoms with van der Waals surface area (Å²) in [6, 6.07) is 5.44. The van der Waals surface area contributed by atoms with Gasteiger partial charge < -0.3 is 4.74 Å². The molecule has 0 saturated heterocycles. The Kier molecular flexibility index (Phi) is 4.19. The van der Waals surface area contributed by atoms with Gasteiger partial charge in [0, 0.05) is 0 Å². The van der Waals surface area contributed by atoms with Crippen LogP contribution in [-0.2, 0) is 15.8 Å². The van der Waals surface area contributed by atoms with Crippen LogP contribution in [0.1, 0.15) is 5.56 Å². The molecular formula is C9H11F2NO3S. The lowest BCUT2D eigenvalue weighted by Gasteiger charge is -2.06. The molecule has 0 aliphatic heterocycles. The van der Waals surface area contributed by atoms with Gasteiger partial charge in [0.25, 0.3) is 0 Å². The Hall–Kier alpha value is -1.21. The summed E-state index contributed by atoms with van der Waals surface area (Å²) in [7, 11) is -2.04. The van der Waals surface area contributed by atoms with Crippen molar-refractivity contribution in [1.29, 1.82) is 0 Å². The maximum Gasteiger partial charge on any atom is 0.387 e. The second-order valence-corrected chi connectivity index (χ2v) is 4.91. The van der Waals surface area contributed by atoms with Crippen molar-refractivity contribution in [1.82, 2.24) is 4.72 Å². The van der Waals surface area contributed by atoms with Gasteiger partial charge in [-0.3, -0.25) is 0 Å². The average molecular weight is 251 g/mol. The molecule has 0 heterocycles. The maximum atomic E-state index is 11.8. The Morgan fingerprint density at radius 1 is 1.31 bits per heavy atom. The van der Waals surface area contributed by atoms with Crippen molar-refractivity contribution in [3.8, 4) is 5.75 Å². The molecule has 0 aliphatic carbocycles. The van der Waals surface area contributed by atoms with E-state index in [-0.39, 0.29) is 11.5 Å². The van der Waals surface area contributed by atoms with Crippen LogP contribution in [0.4, 0.5) is 8.78 Å². The third-order valence-corrected chi connectivity index (χ3v) is 3.15. The van der Waals surface area contributed by atoms with Gasteiger partial charge in [0.2, 0.25) is 10.0 Å². The fourth-order valence-electron chi connectivity index (χ4n) is 1.06. The van der Waals surface area contributed by atoms with Crippen molar-refractivity contribution in [2.45, 2.75) is 12.4 Å². The fourth-order valence-corrected chi connectivity index (χ4v) is 1.83. The van der Waals surface area contributed by atoms with Crippen molar-refractivity contribution in [2.24, 2.45) is 0 Å². The second-order valence-electron chi connectivity index (χ2n) is 2.99. The lowest BCUT2D eigenvalue weighted by molar-refractivity contribution is -0.0498. The summed E-state index contributed by atoms with van der Waals surface area (Å²) in [5, 5.41) is 0. The number of hydrogen-bond donors (Lipinski definition) is 1. The van der Waals surface area contributed by atoms with Gasteiger partial charge in [0.1, 0.15) is 5.75 Å². The minimum absolute atomic E-state index is 0.000561. The lowest BCUT2D eigenvalue weighted by atomic mass is 10.2. The molecule has 0 atom stereocenters. The number of nitrogens with one attached hydrogen (secondary N) is 1. The van der Waals surface area contributed by atoms with E-state index in [1.54, 1.807) is 0 Å². The van der Waals surface area contributed by atoms with E-state index in [9.17, 15) is 17.2 Å². The highest BCUT2D eigenvalue weighted by Gasteiger charge is 2.09. The van der Waals surface area contributed by atoms with E-state index in [1.165, 1.54) is 31.3 Å². The van der Waals surface area contributed by atoms with E-state index in [0.717, 1.165) is 0 Å². The smallest absolute Gasteiger partial charge is 0.387 e. The molecule has 1 N–H and O–H groups in total. The molecule has 1 aromatic rings. The van der Waals surface area contributed by atoms with Crippen molar-refractivity contribution in [2.75, 3.05) is 7.05 Å². The molecule has 0 fully saturated rings. The normalized spacial score (nSPS) is 11.8. The van der Waals surface area contributed by atoms with E-state index in [1.807, 2.05) is 0 Å². The first-order chi connectivity index (χ1) is 7.43. The lowest BCUT2D eigenvalue weighted by Crippen LogP contribution is -2.20. The van der Waals surface area contributed by atoms with Gasteiger partial charge in [-0.05, 0) is 24.7 Å². The topological polar surface area (TPSA) is 55.4 Å². The highest BCUT2D eigenvalue weighted by Crippen LogP contribution is 2.15. The molecular weight excluding hydrogens is 240 g/mol. The number of ether oxygens (including phenoxy) is 1. The Morgan fingerprint density at radius 3 is 2.31 bits per heavy atom. The van der Waals surface area contributed by atoms with Gasteiger partial charge in [-0.25, -0.2) is 13.1 Å². The summed E-state index contributed by atoms with van der Waals surface area (Å²) in [4.78, 5) is 0. The summed E-state index contributed by atoms with van der Waals surface area (Å²) >= 11 is 0. The maximum absolute atomic E-state index is 11.8. The zero-order chi connectivity index (χ0) is 12.2. The summed E-state index contributed by atoms with van der Waals surface area (Å²) in [5.41, 5.74) is 0.496. The molecule has 4 nitrogen and oxygen atoms in total. The SMILES string of the molecule is CNS(=O)(=O)Cc1ccc(OC(F)F)cc1. The third-order valence-electron chi connectivity index (χ3n) is 1.82. The zero-order valence-electron chi connectivity index (χ0n) is 8.48. The molecule has 0 radical (unpaired) electrons. The molecule has 0 aliphatic rings. The zero-order valence-corrected chi connectivity index (χ0v) is 9.30. The molecule has 0 amide bonds. The molecule has 0 bridgehead atoms. The molecule has 16 heavy (non-hydrogen) atoms. The molecule has 0 aromatic heterocycles. The molecule has 7 heteroatoms. The van der Waals surface area contributed by atoms with Gasteiger partial charge in [-0.2, -0.15) is 8.78 Å². The predicted molar refractivity (Wildman–Crippen MR) is 54.8 cm³/mol. The number of hydrogen-bond acceptors (Lipinski definition) is 3. The predicted octanol–water partition coefficient (Wildman–Crippen LogP) is 1.34. The van der Waals surface area contributed by atoms with E-state index in [0.29, 0.717) is 5.56 Å². The second kappa shape index (κ2) is 5.22. The molecule has 1 rings (SSSR count). The average Bonchev–Trinajstić information content (AvgIpc) is 2.20. The van der Waals surface area contributed by atoms with E-state index in [2.05, 4.69) is 9.46 Å². The Balaban J connectivity index is 2.72. The van der Waals surface area contributed by atoms with Crippen LogP contribution in [0.3, 0.4) is 0 Å². The number of benzene rings is 1. The summed E-state index contributed by atoms with van der Waals surface area (Å²) in [6.45, 7) is -2.88. The monoisotopic (exact) mass is 251 g/mol. The van der Waals surface area contributed by atoms with Gasteiger partial charge in [-0.15, -0.1) is 0 Å². The Labute approximate surface area is 92.3 Å². The minimum atomic E-state index is -3.35. The Bertz CT molecular complexity index is 431. The van der Waals surface area contributed by atoms with Crippen molar-refractivity contribution in [3.63, 3.8) is 0 Å². The summed E-state index contributed by atoms with van der Waals surface area (Å²) in [6.07, 6.45) is 0. The molecule has 0 spiro atoms. The Morgan fingerprint density at radius 2 is 1.88 bits per heavy atom. The highest BCUT2D eigenvalue weighted by atomic mass is 32.2. The van der Waals surface area contributed by atoms with Crippen LogP contribution in [0.25, 0.3) is 0 Å². The van der Waals surface area contributed by atoms with Crippen molar-refractivity contribution >= 4 is 10.0 Å². The third kappa shape index (κ3) is 4.11. The number of sulfonamides is 1. The number of halogens is 2. The van der Waals surface area contributed by atoms with E-state index >= 15 is 0 Å². The standard InChI is InChI=1S/C9H11F2NO3S/c1-12-16(13,14)6-7-2-4-8(5-3-7)15-9(10)11/h2-5,9,12H,6H2,1H3. The van der Waals surface area contributed by atoms with Crippen LogP contribution < -0.4 is 9.46 Å². The summed E-state index contributed by atoms with van der Waals surface area (Å²) in [5.74, 6) is -0.195. The highest BCUT2D eigenvalue weighted by molar-refractivity contribution is 7.88. The van der Waals surface area contributed by atoms with Gasteiger partial charge in [0.05, 0.1) is 5.75 Å². The summed E-state index contributed by atoms with van der Waals surface area (Å²) < 4.78 is 52.3. The van der Waals surface area contributed by atoms with Crippen LogP contribution in [0, 0.1) is 0 Å². The molecule has 0 saturated carbocycles. The minimum Gasteiger partial charge on any atom is -0.435 e. The van der Waals surface area contributed by atoms with Crippen molar-refractivity contribution < 1.29 is 21.9 Å². The van der Waals surface area contributed by atoms with Gasteiger partial charge in [-0.1, -0.05) is 12.1 Å². The van der Waals surface area contributed by atoms with Crippen LogP contribution in [0.5, 0.6) is 5.75 Å². The number of rotatable bonds is 5. The molecule has 90 valence electrons. The first-order valence-corrected chi connectivity index (χ1v) is 6.03. The van der Waals surface area contributed by atoms with E-state index < -0.39 is 16.6 Å². The molecule has 0 unspecified atom stereocenters. The fraction of sp³-hybridized carbons (Fsp3) is 0.333. The van der Waals surface area contributed by atoms with Crippen LogP contribution in [-0.4, -0.2) is 22.1 Å².